The van der Waals surface area contributed by atoms with Crippen LogP contribution in [-0.2, 0) is 17.9 Å². The number of rotatable bonds is 8. The number of nitrogens with zero attached hydrogens (tertiary/aromatic N) is 1. The van der Waals surface area contributed by atoms with Gasteiger partial charge in [0.15, 0.2) is 11.5 Å². The minimum Gasteiger partial charge on any atom is -0.493 e. The molecule has 0 atom stereocenters. The van der Waals surface area contributed by atoms with Crippen LogP contribution in [0.2, 0.25) is 0 Å². The number of aryl methyl sites for hydroxylation is 1. The lowest BCUT2D eigenvalue weighted by atomic mass is 10.1. The van der Waals surface area contributed by atoms with Crippen molar-refractivity contribution in [3.63, 3.8) is 0 Å². The van der Waals surface area contributed by atoms with E-state index >= 15 is 0 Å². The zero-order chi connectivity index (χ0) is 22.3. The highest BCUT2D eigenvalue weighted by atomic mass is 79.9. The predicted molar refractivity (Wildman–Crippen MR) is 133 cm³/mol. The summed E-state index contributed by atoms with van der Waals surface area (Å²) in [6, 6.07) is 20.8. The van der Waals surface area contributed by atoms with Crippen molar-refractivity contribution in [3.05, 3.63) is 81.8 Å². The van der Waals surface area contributed by atoms with Gasteiger partial charge in [-0.25, -0.2) is 0 Å². The first-order chi connectivity index (χ1) is 15.6. The summed E-state index contributed by atoms with van der Waals surface area (Å²) in [6.45, 7) is 6.62. The van der Waals surface area contributed by atoms with E-state index in [0.717, 1.165) is 59.1 Å². The molecule has 0 spiro atoms. The van der Waals surface area contributed by atoms with E-state index in [1.165, 1.54) is 11.3 Å². The first-order valence-electron chi connectivity index (χ1n) is 10.8. The fourth-order valence-corrected chi connectivity index (χ4v) is 4.28. The van der Waals surface area contributed by atoms with Crippen LogP contribution in [0.25, 0.3) is 0 Å². The lowest BCUT2D eigenvalue weighted by Gasteiger charge is -2.29. The van der Waals surface area contributed by atoms with E-state index in [4.69, 9.17) is 14.2 Å². The number of hydrogen-bond acceptors (Lipinski definition) is 5. The maximum Gasteiger partial charge on any atom is 0.167 e. The largest absolute Gasteiger partial charge is 0.493 e. The molecule has 1 saturated heterocycles. The molecule has 0 unspecified atom stereocenters. The quantitative estimate of drug-likeness (QED) is 0.427. The molecule has 168 valence electrons. The Hall–Kier alpha value is -2.70. The lowest BCUT2D eigenvalue weighted by Crippen LogP contribution is -2.36. The van der Waals surface area contributed by atoms with E-state index < -0.39 is 0 Å². The van der Waals surface area contributed by atoms with E-state index in [-0.39, 0.29) is 0 Å². The number of anilines is 2. The molecule has 0 bridgehead atoms. The van der Waals surface area contributed by atoms with Gasteiger partial charge in [-0.15, -0.1) is 0 Å². The van der Waals surface area contributed by atoms with Gasteiger partial charge in [-0.2, -0.15) is 0 Å². The summed E-state index contributed by atoms with van der Waals surface area (Å²) in [5.74, 6) is 1.47. The summed E-state index contributed by atoms with van der Waals surface area (Å²) < 4.78 is 18.3. The third-order valence-corrected chi connectivity index (χ3v) is 6.31. The highest BCUT2D eigenvalue weighted by Crippen LogP contribution is 2.37. The van der Waals surface area contributed by atoms with Crippen molar-refractivity contribution in [1.29, 1.82) is 0 Å². The van der Waals surface area contributed by atoms with Gasteiger partial charge in [0.1, 0.15) is 6.61 Å². The Morgan fingerprint density at radius 1 is 1.03 bits per heavy atom. The standard InChI is InChI=1S/C26H29BrN2O3/c1-19-4-3-5-20(16-19)18-32-26-23(24(27)10-11-25(26)30-2)17-28-21-6-8-22(9-7-21)29-12-14-31-15-13-29/h3-11,16,28H,12-15,17-18H2,1-2H3. The Bertz CT molecular complexity index is 1030. The molecule has 1 N–H and O–H groups in total. The molecule has 32 heavy (non-hydrogen) atoms. The third-order valence-electron chi connectivity index (χ3n) is 5.57. The summed E-state index contributed by atoms with van der Waals surface area (Å²) in [7, 11) is 1.67. The van der Waals surface area contributed by atoms with Crippen LogP contribution >= 0.6 is 15.9 Å². The minimum absolute atomic E-state index is 0.482. The van der Waals surface area contributed by atoms with E-state index in [1.807, 2.05) is 12.1 Å². The number of ether oxygens (including phenoxy) is 3. The van der Waals surface area contributed by atoms with Crippen LogP contribution in [0.4, 0.5) is 11.4 Å². The molecule has 0 amide bonds. The van der Waals surface area contributed by atoms with Gasteiger partial charge >= 0.3 is 0 Å². The Morgan fingerprint density at radius 2 is 1.81 bits per heavy atom. The van der Waals surface area contributed by atoms with Gasteiger partial charge < -0.3 is 24.4 Å². The number of morpholine rings is 1. The summed E-state index contributed by atoms with van der Waals surface area (Å²) in [5, 5.41) is 3.52. The van der Waals surface area contributed by atoms with Crippen molar-refractivity contribution >= 4 is 27.3 Å². The van der Waals surface area contributed by atoms with Gasteiger partial charge in [0.05, 0.1) is 20.3 Å². The van der Waals surface area contributed by atoms with Crippen LogP contribution in [0.5, 0.6) is 11.5 Å². The topological polar surface area (TPSA) is 43.0 Å². The Labute approximate surface area is 198 Å². The molecule has 0 saturated carbocycles. The molecule has 1 heterocycles. The predicted octanol–water partition coefficient (Wildman–Crippen LogP) is 5.79. The average molecular weight is 497 g/mol. The number of nitrogens with one attached hydrogen (secondary N) is 1. The van der Waals surface area contributed by atoms with Gasteiger partial charge in [-0.05, 0) is 48.9 Å². The summed E-state index contributed by atoms with van der Waals surface area (Å²) >= 11 is 3.69. The highest BCUT2D eigenvalue weighted by Gasteiger charge is 2.16. The van der Waals surface area contributed by atoms with E-state index in [9.17, 15) is 0 Å². The first kappa shape index (κ1) is 22.5. The molecule has 1 aliphatic rings. The zero-order valence-corrected chi connectivity index (χ0v) is 20.2. The zero-order valence-electron chi connectivity index (χ0n) is 18.6. The van der Waals surface area contributed by atoms with Crippen LogP contribution in [0.1, 0.15) is 16.7 Å². The maximum absolute atomic E-state index is 6.25. The number of benzene rings is 3. The number of methoxy groups -OCH3 is 1. The van der Waals surface area contributed by atoms with Crippen LogP contribution in [-0.4, -0.2) is 33.4 Å². The van der Waals surface area contributed by atoms with Gasteiger partial charge in [0, 0.05) is 41.0 Å². The summed E-state index contributed by atoms with van der Waals surface area (Å²) in [4.78, 5) is 2.35. The van der Waals surface area contributed by atoms with Gasteiger partial charge in [-0.3, -0.25) is 0 Å². The molecule has 0 radical (unpaired) electrons. The highest BCUT2D eigenvalue weighted by molar-refractivity contribution is 9.10. The molecule has 3 aromatic carbocycles. The van der Waals surface area contributed by atoms with E-state index in [1.54, 1.807) is 7.11 Å². The second-order valence-electron chi connectivity index (χ2n) is 7.83. The molecular weight excluding hydrogens is 468 g/mol. The van der Waals surface area contributed by atoms with Crippen molar-refractivity contribution < 1.29 is 14.2 Å². The monoisotopic (exact) mass is 496 g/mol. The Balaban J connectivity index is 1.47. The van der Waals surface area contributed by atoms with Crippen LogP contribution in [0.15, 0.2) is 65.1 Å². The SMILES string of the molecule is COc1ccc(Br)c(CNc2ccc(N3CCOCC3)cc2)c1OCc1cccc(C)c1. The molecule has 0 aromatic heterocycles. The van der Waals surface area contributed by atoms with E-state index in [2.05, 4.69) is 81.6 Å². The third kappa shape index (κ3) is 5.56. The fraction of sp³-hybridized carbons (Fsp3) is 0.308. The van der Waals surface area contributed by atoms with Gasteiger partial charge in [-0.1, -0.05) is 45.8 Å². The fourth-order valence-electron chi connectivity index (χ4n) is 3.83. The number of halogens is 1. The Kier molecular flexibility index (Phi) is 7.55. The number of hydrogen-bond donors (Lipinski definition) is 1. The van der Waals surface area contributed by atoms with Crippen molar-refractivity contribution in [2.24, 2.45) is 0 Å². The molecule has 1 fully saturated rings. The van der Waals surface area contributed by atoms with E-state index in [0.29, 0.717) is 13.2 Å². The van der Waals surface area contributed by atoms with Crippen LogP contribution < -0.4 is 19.7 Å². The molecule has 3 aromatic rings. The normalized spacial score (nSPS) is 13.7. The van der Waals surface area contributed by atoms with Crippen molar-refractivity contribution in [2.75, 3.05) is 43.6 Å². The smallest absolute Gasteiger partial charge is 0.167 e. The summed E-state index contributed by atoms with van der Waals surface area (Å²) in [6.07, 6.45) is 0. The molecule has 1 aliphatic heterocycles. The average Bonchev–Trinajstić information content (AvgIpc) is 2.83. The minimum atomic E-state index is 0.482. The molecular formula is C26H29BrN2O3. The van der Waals surface area contributed by atoms with Crippen molar-refractivity contribution in [1.82, 2.24) is 0 Å². The first-order valence-corrected chi connectivity index (χ1v) is 11.6. The van der Waals surface area contributed by atoms with Gasteiger partial charge in [0.2, 0.25) is 0 Å². The lowest BCUT2D eigenvalue weighted by molar-refractivity contribution is 0.122. The molecule has 5 nitrogen and oxygen atoms in total. The van der Waals surface area contributed by atoms with Crippen molar-refractivity contribution in [3.8, 4) is 11.5 Å². The van der Waals surface area contributed by atoms with Crippen molar-refractivity contribution in [2.45, 2.75) is 20.1 Å². The van der Waals surface area contributed by atoms with Crippen LogP contribution in [0.3, 0.4) is 0 Å². The maximum atomic E-state index is 6.25. The molecule has 0 aliphatic carbocycles. The summed E-state index contributed by atoms with van der Waals surface area (Å²) in [5.41, 5.74) is 5.65. The van der Waals surface area contributed by atoms with Crippen LogP contribution in [0, 0.1) is 6.92 Å². The second-order valence-corrected chi connectivity index (χ2v) is 8.69. The Morgan fingerprint density at radius 3 is 2.53 bits per heavy atom. The second kappa shape index (κ2) is 10.7. The van der Waals surface area contributed by atoms with Gasteiger partial charge in [0.25, 0.3) is 0 Å². The molecule has 6 heteroatoms. The molecule has 4 rings (SSSR count).